The van der Waals surface area contributed by atoms with E-state index < -0.39 is 0 Å². The van der Waals surface area contributed by atoms with Crippen LogP contribution in [0.4, 0.5) is 0 Å². The topological polar surface area (TPSA) is 64.8 Å². The van der Waals surface area contributed by atoms with E-state index in [-0.39, 0.29) is 11.3 Å². The summed E-state index contributed by atoms with van der Waals surface area (Å²) < 4.78 is 11.1. The van der Waals surface area contributed by atoms with Crippen LogP contribution in [0.25, 0.3) is 11.1 Å². The van der Waals surface area contributed by atoms with Gasteiger partial charge in [0.05, 0.1) is 20.3 Å². The van der Waals surface area contributed by atoms with Gasteiger partial charge in [-0.15, -0.1) is 0 Å². The third-order valence-corrected chi connectivity index (χ3v) is 6.32. The molecule has 0 aromatic heterocycles. The minimum atomic E-state index is 0.00120. The molecule has 0 saturated carbocycles. The average molecular weight is 425 g/mol. The van der Waals surface area contributed by atoms with Gasteiger partial charge in [-0.1, -0.05) is 56.7 Å². The molecule has 1 amide bonds. The van der Waals surface area contributed by atoms with Crippen molar-refractivity contribution < 1.29 is 14.3 Å². The molecular weight excluding hydrogens is 388 g/mol. The van der Waals surface area contributed by atoms with Gasteiger partial charge in [-0.05, 0) is 41.0 Å². The van der Waals surface area contributed by atoms with Crippen molar-refractivity contribution in [1.82, 2.24) is 4.90 Å². The van der Waals surface area contributed by atoms with Crippen LogP contribution in [0.3, 0.4) is 0 Å². The van der Waals surface area contributed by atoms with Crippen LogP contribution in [0.2, 0.25) is 0 Å². The summed E-state index contributed by atoms with van der Waals surface area (Å²) in [6.07, 6.45) is 3.57. The maximum Gasteiger partial charge on any atom is 0.222 e. The van der Waals surface area contributed by atoms with E-state index in [0.29, 0.717) is 26.2 Å². The first-order valence-corrected chi connectivity index (χ1v) is 11.3. The Morgan fingerprint density at radius 1 is 1.10 bits per heavy atom. The van der Waals surface area contributed by atoms with Crippen LogP contribution in [-0.4, -0.2) is 44.2 Å². The minimum absolute atomic E-state index is 0.00120. The molecule has 31 heavy (non-hydrogen) atoms. The zero-order valence-electron chi connectivity index (χ0n) is 19.2. The molecule has 1 aliphatic heterocycles. The highest BCUT2D eigenvalue weighted by Gasteiger charge is 2.23. The molecule has 5 nitrogen and oxygen atoms in total. The molecule has 2 N–H and O–H groups in total. The van der Waals surface area contributed by atoms with Crippen molar-refractivity contribution in [3.05, 3.63) is 53.6 Å². The molecule has 2 aromatic carbocycles. The van der Waals surface area contributed by atoms with E-state index in [0.717, 1.165) is 54.8 Å². The lowest BCUT2D eigenvalue weighted by molar-refractivity contribution is -0.135. The number of unbranched alkanes of at least 4 members (excludes halogenated alkanes) is 1. The first-order valence-electron chi connectivity index (χ1n) is 11.3. The highest BCUT2D eigenvalue weighted by molar-refractivity contribution is 5.76. The summed E-state index contributed by atoms with van der Waals surface area (Å²) in [7, 11) is 1.72. The maximum atomic E-state index is 12.3. The van der Waals surface area contributed by atoms with Crippen molar-refractivity contribution in [2.24, 2.45) is 5.73 Å². The fourth-order valence-electron chi connectivity index (χ4n) is 4.25. The molecule has 1 heterocycles. The van der Waals surface area contributed by atoms with E-state index in [9.17, 15) is 4.79 Å². The second-order valence-electron chi connectivity index (χ2n) is 8.86. The lowest BCUT2D eigenvalue weighted by Crippen LogP contribution is -2.40. The number of nitrogens with two attached hydrogens (primary N) is 1. The van der Waals surface area contributed by atoms with E-state index >= 15 is 0 Å². The number of ether oxygens (including phenoxy) is 2. The summed E-state index contributed by atoms with van der Waals surface area (Å²) >= 11 is 0. The average Bonchev–Trinajstić information content (AvgIpc) is 2.81. The fraction of sp³-hybridized carbons (Fsp3) is 0.500. The second kappa shape index (κ2) is 10.8. The molecular formula is C26H36N2O3. The molecule has 1 fully saturated rings. The Kier molecular flexibility index (Phi) is 8.10. The Balaban J connectivity index is 1.63. The number of carbonyl (C=O) groups excluding carboxylic acids is 1. The predicted octanol–water partition coefficient (Wildman–Crippen LogP) is 4.52. The molecule has 0 radical (unpaired) electrons. The van der Waals surface area contributed by atoms with Gasteiger partial charge in [-0.3, -0.25) is 4.79 Å². The second-order valence-corrected chi connectivity index (χ2v) is 8.86. The van der Waals surface area contributed by atoms with Crippen molar-refractivity contribution in [3.8, 4) is 16.9 Å². The smallest absolute Gasteiger partial charge is 0.222 e. The zero-order valence-corrected chi connectivity index (χ0v) is 19.2. The number of methoxy groups -OCH3 is 1. The highest BCUT2D eigenvalue weighted by atomic mass is 16.5. The van der Waals surface area contributed by atoms with Crippen LogP contribution in [0.15, 0.2) is 42.5 Å². The summed E-state index contributed by atoms with van der Waals surface area (Å²) in [4.78, 5) is 14.3. The van der Waals surface area contributed by atoms with E-state index in [4.69, 9.17) is 15.2 Å². The lowest BCUT2D eigenvalue weighted by atomic mass is 9.79. The van der Waals surface area contributed by atoms with E-state index in [1.165, 1.54) is 5.56 Å². The Hall–Kier alpha value is -2.37. The molecule has 0 bridgehead atoms. The summed E-state index contributed by atoms with van der Waals surface area (Å²) in [5, 5.41) is 0. The molecule has 168 valence electrons. The molecule has 0 aliphatic carbocycles. The molecule has 0 spiro atoms. The predicted molar refractivity (Wildman–Crippen MR) is 125 cm³/mol. The minimum Gasteiger partial charge on any atom is -0.496 e. The van der Waals surface area contributed by atoms with Crippen LogP contribution in [0, 0.1) is 0 Å². The monoisotopic (exact) mass is 424 g/mol. The summed E-state index contributed by atoms with van der Waals surface area (Å²) in [6, 6.07) is 14.7. The molecule has 3 rings (SSSR count). The number of morpholine rings is 1. The molecule has 0 unspecified atom stereocenters. The summed E-state index contributed by atoms with van der Waals surface area (Å²) in [5.41, 5.74) is 10.5. The van der Waals surface area contributed by atoms with Gasteiger partial charge in [-0.2, -0.15) is 0 Å². The van der Waals surface area contributed by atoms with Gasteiger partial charge in [0, 0.05) is 31.6 Å². The Morgan fingerprint density at radius 3 is 2.55 bits per heavy atom. The van der Waals surface area contributed by atoms with Crippen molar-refractivity contribution in [2.75, 3.05) is 33.4 Å². The standard InChI is InChI=1S/C26H36N2O3/c1-26(2,13-7-6-10-25(29)28-14-16-31-17-15-28)21-11-12-23(24(18-21)30-3)22-9-5-4-8-20(22)19-27/h4-5,8-9,11-12,18H,6-7,10,13-17,19,27H2,1-3H3. The van der Waals surface area contributed by atoms with Gasteiger partial charge in [0.25, 0.3) is 0 Å². The third-order valence-electron chi connectivity index (χ3n) is 6.32. The molecule has 0 atom stereocenters. The van der Waals surface area contributed by atoms with Crippen LogP contribution in [-0.2, 0) is 21.5 Å². The van der Waals surface area contributed by atoms with Crippen LogP contribution in [0.1, 0.15) is 50.7 Å². The summed E-state index contributed by atoms with van der Waals surface area (Å²) in [5.74, 6) is 1.12. The fourth-order valence-corrected chi connectivity index (χ4v) is 4.25. The lowest BCUT2D eigenvalue weighted by Gasteiger charge is -2.28. The number of benzene rings is 2. The Bertz CT molecular complexity index is 873. The molecule has 1 saturated heterocycles. The third kappa shape index (κ3) is 5.86. The van der Waals surface area contributed by atoms with Crippen molar-refractivity contribution in [3.63, 3.8) is 0 Å². The van der Waals surface area contributed by atoms with Gasteiger partial charge in [0.1, 0.15) is 5.75 Å². The van der Waals surface area contributed by atoms with Crippen molar-refractivity contribution in [1.29, 1.82) is 0 Å². The number of rotatable bonds is 9. The van der Waals surface area contributed by atoms with Crippen molar-refractivity contribution in [2.45, 2.75) is 51.5 Å². The van der Waals surface area contributed by atoms with E-state index in [1.54, 1.807) is 7.11 Å². The highest BCUT2D eigenvalue weighted by Crippen LogP contribution is 2.38. The number of nitrogens with zero attached hydrogens (tertiary/aromatic N) is 1. The van der Waals surface area contributed by atoms with Crippen molar-refractivity contribution >= 4 is 5.91 Å². The first kappa shape index (κ1) is 23.3. The number of carbonyl (C=O) groups is 1. The van der Waals surface area contributed by atoms with Gasteiger partial charge in [-0.25, -0.2) is 0 Å². The number of hydrogen-bond donors (Lipinski definition) is 1. The molecule has 1 aliphatic rings. The first-order chi connectivity index (χ1) is 15.0. The summed E-state index contributed by atoms with van der Waals surface area (Å²) in [6.45, 7) is 7.79. The zero-order chi connectivity index (χ0) is 22.3. The van der Waals surface area contributed by atoms with Gasteiger partial charge < -0.3 is 20.1 Å². The Labute approximate surface area is 186 Å². The van der Waals surface area contributed by atoms with Crippen LogP contribution >= 0.6 is 0 Å². The van der Waals surface area contributed by atoms with Gasteiger partial charge in [0.2, 0.25) is 5.91 Å². The number of amides is 1. The molecule has 2 aromatic rings. The van der Waals surface area contributed by atoms with E-state index in [2.05, 4.69) is 44.2 Å². The molecule has 5 heteroatoms. The quantitative estimate of drug-likeness (QED) is 0.601. The Morgan fingerprint density at radius 2 is 1.84 bits per heavy atom. The van der Waals surface area contributed by atoms with E-state index in [1.807, 2.05) is 17.0 Å². The van der Waals surface area contributed by atoms with Crippen LogP contribution in [0.5, 0.6) is 5.75 Å². The normalized spacial score (nSPS) is 14.5. The number of hydrogen-bond acceptors (Lipinski definition) is 4. The SMILES string of the molecule is COc1cc(C(C)(C)CCCCC(=O)N2CCOCC2)ccc1-c1ccccc1CN. The largest absolute Gasteiger partial charge is 0.496 e. The van der Waals surface area contributed by atoms with Gasteiger partial charge in [0.15, 0.2) is 0 Å². The van der Waals surface area contributed by atoms with Gasteiger partial charge >= 0.3 is 0 Å². The maximum absolute atomic E-state index is 12.3. The van der Waals surface area contributed by atoms with Crippen LogP contribution < -0.4 is 10.5 Å².